The van der Waals surface area contributed by atoms with E-state index in [1.165, 1.54) is 12.3 Å². The average Bonchev–Trinajstić information content (AvgIpc) is 3.25. The van der Waals surface area contributed by atoms with Crippen LogP contribution in [0.3, 0.4) is 0 Å². The Kier molecular flexibility index (Phi) is 5.57. The Morgan fingerprint density at radius 2 is 2.17 bits per heavy atom. The van der Waals surface area contributed by atoms with Crippen molar-refractivity contribution in [1.29, 1.82) is 0 Å². The lowest BCUT2D eigenvalue weighted by molar-refractivity contribution is 0.0235. The maximum atomic E-state index is 13.2. The fourth-order valence-electron chi connectivity index (χ4n) is 2.31. The van der Waals surface area contributed by atoms with Crippen LogP contribution in [0.2, 0.25) is 0 Å². The number of nitrogens with zero attached hydrogens (tertiary/aromatic N) is 2. The molecule has 6 heteroatoms. The Balaban J connectivity index is 1.84. The highest BCUT2D eigenvalue weighted by Gasteiger charge is 2.34. The molecule has 0 spiro atoms. The summed E-state index contributed by atoms with van der Waals surface area (Å²) in [5.41, 5.74) is 0.304. The van der Waals surface area contributed by atoms with Gasteiger partial charge in [-0.2, -0.15) is 0 Å². The molecular formula is C17H26FN3O2. The normalized spacial score (nSPS) is 16.0. The minimum absolute atomic E-state index is 0.0297. The van der Waals surface area contributed by atoms with Crippen LogP contribution >= 0.6 is 0 Å². The molecule has 128 valence electrons. The highest BCUT2D eigenvalue weighted by molar-refractivity contribution is 5.69. The van der Waals surface area contributed by atoms with Gasteiger partial charge in [-0.15, -0.1) is 0 Å². The first-order valence-corrected chi connectivity index (χ1v) is 8.10. The number of aromatic nitrogens is 1. The summed E-state index contributed by atoms with van der Waals surface area (Å²) in [6, 6.07) is 1.73. The van der Waals surface area contributed by atoms with Crippen molar-refractivity contribution in [2.24, 2.45) is 0 Å². The highest BCUT2D eigenvalue weighted by atomic mass is 19.1. The van der Waals surface area contributed by atoms with E-state index in [2.05, 4.69) is 10.3 Å². The quantitative estimate of drug-likeness (QED) is 0.873. The smallest absolute Gasteiger partial charge is 0.410 e. The number of carbonyl (C=O) groups is 1. The maximum Gasteiger partial charge on any atom is 0.410 e. The van der Waals surface area contributed by atoms with Crippen molar-refractivity contribution in [3.8, 4) is 0 Å². The molecule has 1 atom stereocenters. The fraction of sp³-hybridized carbons (Fsp3) is 0.647. The van der Waals surface area contributed by atoms with E-state index < -0.39 is 5.60 Å². The first kappa shape index (κ1) is 17.7. The molecule has 0 bridgehead atoms. The molecule has 1 aromatic heterocycles. The Morgan fingerprint density at radius 1 is 1.48 bits per heavy atom. The van der Waals surface area contributed by atoms with Crippen LogP contribution in [-0.4, -0.2) is 40.7 Å². The molecule has 0 radical (unpaired) electrons. The Hall–Kier alpha value is -1.69. The van der Waals surface area contributed by atoms with Crippen molar-refractivity contribution in [2.45, 2.75) is 58.2 Å². The summed E-state index contributed by atoms with van der Waals surface area (Å²) < 4.78 is 18.7. The lowest BCUT2D eigenvalue weighted by Gasteiger charge is -2.28. The number of pyridine rings is 1. The topological polar surface area (TPSA) is 54.5 Å². The lowest BCUT2D eigenvalue weighted by Crippen LogP contribution is -2.42. The minimum atomic E-state index is -0.488. The molecule has 1 aliphatic carbocycles. The molecular weight excluding hydrogens is 297 g/mol. The second-order valence-corrected chi connectivity index (χ2v) is 7.02. The van der Waals surface area contributed by atoms with Crippen LogP contribution < -0.4 is 5.32 Å². The van der Waals surface area contributed by atoms with E-state index in [0.717, 1.165) is 18.4 Å². The van der Waals surface area contributed by atoms with Crippen molar-refractivity contribution in [2.75, 3.05) is 13.1 Å². The van der Waals surface area contributed by atoms with Gasteiger partial charge in [-0.1, -0.05) is 0 Å². The number of amides is 1. The van der Waals surface area contributed by atoms with Gasteiger partial charge < -0.3 is 15.0 Å². The van der Waals surface area contributed by atoms with E-state index >= 15 is 0 Å². The highest BCUT2D eigenvalue weighted by Crippen LogP contribution is 2.28. The summed E-state index contributed by atoms with van der Waals surface area (Å²) in [6.45, 7) is 8.75. The van der Waals surface area contributed by atoms with Gasteiger partial charge in [0.2, 0.25) is 0 Å². The standard InChI is InChI=1S/C17H26FN3O2/c1-12(13-9-14(18)11-19-10-13)20-7-8-21(15-5-6-15)16(22)23-17(2,3)4/h9-12,15,20H,5-8H2,1-4H3. The second kappa shape index (κ2) is 7.25. The predicted octanol–water partition coefficient (Wildman–Crippen LogP) is 3.27. The Morgan fingerprint density at radius 3 is 2.74 bits per heavy atom. The second-order valence-electron chi connectivity index (χ2n) is 7.02. The number of hydrogen-bond donors (Lipinski definition) is 1. The third-order valence-corrected chi connectivity index (χ3v) is 3.64. The van der Waals surface area contributed by atoms with Crippen molar-refractivity contribution in [3.05, 3.63) is 29.8 Å². The molecule has 1 aromatic rings. The van der Waals surface area contributed by atoms with Crippen LogP contribution in [0, 0.1) is 5.82 Å². The molecule has 5 nitrogen and oxygen atoms in total. The van der Waals surface area contributed by atoms with Crippen LogP contribution in [0.25, 0.3) is 0 Å². The summed E-state index contributed by atoms with van der Waals surface area (Å²) in [4.78, 5) is 17.9. The van der Waals surface area contributed by atoms with Crippen molar-refractivity contribution in [3.63, 3.8) is 0 Å². The van der Waals surface area contributed by atoms with E-state index in [0.29, 0.717) is 13.1 Å². The molecule has 1 heterocycles. The molecule has 1 unspecified atom stereocenters. The molecule has 1 N–H and O–H groups in total. The summed E-state index contributed by atoms with van der Waals surface area (Å²) in [7, 11) is 0. The molecule has 1 amide bonds. The third kappa shape index (κ3) is 5.78. The van der Waals surface area contributed by atoms with Gasteiger partial charge in [-0.25, -0.2) is 9.18 Å². The number of ether oxygens (including phenoxy) is 1. The molecule has 0 saturated heterocycles. The Labute approximate surface area is 137 Å². The van der Waals surface area contributed by atoms with E-state index in [9.17, 15) is 9.18 Å². The molecule has 1 fully saturated rings. The summed E-state index contributed by atoms with van der Waals surface area (Å²) in [6.07, 6.45) is 4.63. The summed E-state index contributed by atoms with van der Waals surface area (Å²) in [5, 5.41) is 3.30. The van der Waals surface area contributed by atoms with Gasteiger partial charge >= 0.3 is 6.09 Å². The zero-order chi connectivity index (χ0) is 17.0. The van der Waals surface area contributed by atoms with Gasteiger partial charge in [0.25, 0.3) is 0 Å². The van der Waals surface area contributed by atoms with Crippen LogP contribution in [0.1, 0.15) is 52.1 Å². The SMILES string of the molecule is CC(NCCN(C(=O)OC(C)(C)C)C1CC1)c1cncc(F)c1. The van der Waals surface area contributed by atoms with Crippen LogP contribution in [0.4, 0.5) is 9.18 Å². The first-order valence-electron chi connectivity index (χ1n) is 8.10. The van der Waals surface area contributed by atoms with Crippen molar-refractivity contribution < 1.29 is 13.9 Å². The van der Waals surface area contributed by atoms with Gasteiger partial charge in [-0.05, 0) is 52.2 Å². The van der Waals surface area contributed by atoms with E-state index in [-0.39, 0.29) is 24.0 Å². The number of rotatable bonds is 6. The van der Waals surface area contributed by atoms with E-state index in [4.69, 9.17) is 4.74 Å². The van der Waals surface area contributed by atoms with Crippen molar-refractivity contribution >= 4 is 6.09 Å². The monoisotopic (exact) mass is 323 g/mol. The number of nitrogens with one attached hydrogen (secondary N) is 1. The van der Waals surface area contributed by atoms with Gasteiger partial charge in [-0.3, -0.25) is 4.98 Å². The maximum absolute atomic E-state index is 13.2. The van der Waals surface area contributed by atoms with Crippen LogP contribution in [-0.2, 0) is 4.74 Å². The van der Waals surface area contributed by atoms with E-state index in [1.54, 1.807) is 11.1 Å². The molecule has 0 aromatic carbocycles. The zero-order valence-corrected chi connectivity index (χ0v) is 14.3. The number of hydrogen-bond acceptors (Lipinski definition) is 4. The number of halogens is 1. The van der Waals surface area contributed by atoms with Crippen LogP contribution in [0.5, 0.6) is 0 Å². The predicted molar refractivity (Wildman–Crippen MR) is 86.6 cm³/mol. The molecule has 0 aliphatic heterocycles. The minimum Gasteiger partial charge on any atom is -0.444 e. The molecule has 2 rings (SSSR count). The average molecular weight is 323 g/mol. The summed E-state index contributed by atoms with van der Waals surface area (Å²) in [5.74, 6) is -0.343. The van der Waals surface area contributed by atoms with Gasteiger partial charge in [0.15, 0.2) is 0 Å². The largest absolute Gasteiger partial charge is 0.444 e. The molecule has 23 heavy (non-hydrogen) atoms. The van der Waals surface area contributed by atoms with Crippen molar-refractivity contribution in [1.82, 2.24) is 15.2 Å². The van der Waals surface area contributed by atoms with Gasteiger partial charge in [0.05, 0.1) is 6.20 Å². The zero-order valence-electron chi connectivity index (χ0n) is 14.3. The summed E-state index contributed by atoms with van der Waals surface area (Å²) >= 11 is 0. The number of carbonyl (C=O) groups excluding carboxylic acids is 1. The lowest BCUT2D eigenvalue weighted by atomic mass is 10.1. The van der Waals surface area contributed by atoms with Gasteiger partial charge in [0, 0.05) is 31.4 Å². The Bertz CT molecular complexity index is 541. The van der Waals surface area contributed by atoms with Crippen LogP contribution in [0.15, 0.2) is 18.5 Å². The third-order valence-electron chi connectivity index (χ3n) is 3.64. The molecule has 1 saturated carbocycles. The first-order chi connectivity index (χ1) is 10.8. The molecule has 1 aliphatic rings. The van der Waals surface area contributed by atoms with Gasteiger partial charge in [0.1, 0.15) is 11.4 Å². The fourth-order valence-corrected chi connectivity index (χ4v) is 2.31. The van der Waals surface area contributed by atoms with E-state index in [1.807, 2.05) is 27.7 Å².